The van der Waals surface area contributed by atoms with Crippen LogP contribution < -0.4 is 4.74 Å². The van der Waals surface area contributed by atoms with Gasteiger partial charge in [0, 0.05) is 31.6 Å². The number of halogens is 1. The molecule has 2 atom stereocenters. The second-order valence-electron chi connectivity index (χ2n) is 6.84. The Morgan fingerprint density at radius 3 is 2.59 bits per heavy atom. The van der Waals surface area contributed by atoms with E-state index in [0.717, 1.165) is 10.5 Å². The number of methoxy groups -OCH3 is 1. The van der Waals surface area contributed by atoms with Crippen molar-refractivity contribution in [2.24, 2.45) is 0 Å². The fraction of sp³-hybridized carbons (Fsp3) is 0.333. The molecule has 0 aromatic heterocycles. The summed E-state index contributed by atoms with van der Waals surface area (Å²) in [5.41, 5.74) is 0.959. The van der Waals surface area contributed by atoms with Crippen LogP contribution in [-0.2, 0) is 11.3 Å². The molecule has 2 aromatic rings. The number of benzene rings is 2. The van der Waals surface area contributed by atoms with Crippen molar-refractivity contribution < 1.29 is 28.9 Å². The van der Waals surface area contributed by atoms with Gasteiger partial charge in [-0.15, -0.1) is 0 Å². The van der Waals surface area contributed by atoms with Gasteiger partial charge in [-0.1, -0.05) is 36.4 Å². The van der Waals surface area contributed by atoms with Crippen LogP contribution in [0.2, 0.25) is 0 Å². The highest BCUT2D eigenvalue weighted by atomic mass is 19.1. The Morgan fingerprint density at radius 2 is 2.00 bits per heavy atom. The maximum Gasteiger partial charge on any atom is 0.408 e. The zero-order valence-corrected chi connectivity index (χ0v) is 16.0. The van der Waals surface area contributed by atoms with Gasteiger partial charge in [0.25, 0.3) is 0 Å². The van der Waals surface area contributed by atoms with Crippen molar-refractivity contribution in [3.05, 3.63) is 65.5 Å². The van der Waals surface area contributed by atoms with Crippen molar-refractivity contribution in [2.45, 2.75) is 18.5 Å². The molecule has 1 heterocycles. The molecule has 1 aliphatic rings. The highest BCUT2D eigenvalue weighted by Gasteiger charge is 2.47. The first-order chi connectivity index (χ1) is 14.0. The molecule has 0 bridgehead atoms. The summed E-state index contributed by atoms with van der Waals surface area (Å²) in [6.45, 7) is -0.0931. The van der Waals surface area contributed by atoms with Crippen molar-refractivity contribution in [3.63, 3.8) is 0 Å². The molecule has 1 fully saturated rings. The van der Waals surface area contributed by atoms with Crippen LogP contribution in [0.15, 0.2) is 48.5 Å². The minimum atomic E-state index is -1.27. The Hall–Kier alpha value is -3.13. The smallest absolute Gasteiger partial charge is 0.408 e. The normalized spacial score (nSPS) is 18.7. The van der Waals surface area contributed by atoms with E-state index < -0.39 is 29.8 Å². The first kappa shape index (κ1) is 20.6. The van der Waals surface area contributed by atoms with Crippen molar-refractivity contribution in [3.8, 4) is 5.75 Å². The van der Waals surface area contributed by atoms with Gasteiger partial charge in [-0.25, -0.2) is 9.18 Å². The Morgan fingerprint density at radius 1 is 1.28 bits per heavy atom. The minimum absolute atomic E-state index is 0.00613. The number of hydrogen-bond donors (Lipinski definition) is 2. The van der Waals surface area contributed by atoms with Crippen molar-refractivity contribution in [1.29, 1.82) is 0 Å². The van der Waals surface area contributed by atoms with Crippen LogP contribution in [0.5, 0.6) is 5.75 Å². The predicted octanol–water partition coefficient (Wildman–Crippen LogP) is 2.30. The Kier molecular flexibility index (Phi) is 6.33. The zero-order valence-electron chi connectivity index (χ0n) is 16.0. The van der Waals surface area contributed by atoms with Crippen LogP contribution in [0.1, 0.15) is 17.0 Å². The molecule has 1 saturated heterocycles. The van der Waals surface area contributed by atoms with E-state index in [2.05, 4.69) is 0 Å². The third-order valence-electron chi connectivity index (χ3n) is 5.12. The average Bonchev–Trinajstić information content (AvgIpc) is 3.02. The molecule has 2 aromatic carbocycles. The van der Waals surface area contributed by atoms with Crippen molar-refractivity contribution in [1.82, 2.24) is 9.80 Å². The van der Waals surface area contributed by atoms with E-state index >= 15 is 0 Å². The molecule has 8 heteroatoms. The van der Waals surface area contributed by atoms with Crippen LogP contribution in [0, 0.1) is 5.82 Å². The molecule has 154 valence electrons. The molecule has 2 N–H and O–H groups in total. The number of nitrogens with zero attached hydrogens (tertiary/aromatic N) is 2. The highest BCUT2D eigenvalue weighted by molar-refractivity contribution is 5.89. The first-order valence-corrected chi connectivity index (χ1v) is 9.22. The number of rotatable bonds is 7. The number of hydrogen-bond acceptors (Lipinski definition) is 4. The molecule has 0 unspecified atom stereocenters. The largest absolute Gasteiger partial charge is 0.497 e. The van der Waals surface area contributed by atoms with E-state index in [4.69, 9.17) is 4.74 Å². The van der Waals surface area contributed by atoms with E-state index in [1.165, 1.54) is 24.1 Å². The quantitative estimate of drug-likeness (QED) is 0.742. The number of ether oxygens (including phenoxy) is 1. The number of carboxylic acid groups (broad SMARTS) is 1. The van der Waals surface area contributed by atoms with Gasteiger partial charge >= 0.3 is 6.09 Å². The highest BCUT2D eigenvalue weighted by Crippen LogP contribution is 2.35. The predicted molar refractivity (Wildman–Crippen MR) is 103 cm³/mol. The number of β-amino-alcohol motifs (C(OH)–C–C–N with tert-alkyl or cyclic N) is 1. The average molecular weight is 402 g/mol. The van der Waals surface area contributed by atoms with Crippen molar-refractivity contribution in [2.75, 3.05) is 26.8 Å². The number of carbonyl (C=O) groups excluding carboxylic acids is 1. The van der Waals surface area contributed by atoms with E-state index in [1.807, 2.05) is 6.07 Å². The molecular formula is C21H23FN2O5. The van der Waals surface area contributed by atoms with Gasteiger partial charge < -0.3 is 19.8 Å². The molecule has 2 amide bonds. The lowest BCUT2D eigenvalue weighted by Gasteiger charge is -2.29. The Labute approximate surface area is 167 Å². The first-order valence-electron chi connectivity index (χ1n) is 9.22. The van der Waals surface area contributed by atoms with E-state index in [-0.39, 0.29) is 31.8 Å². The summed E-state index contributed by atoms with van der Waals surface area (Å²) in [6, 6.07) is 12.1. The minimum Gasteiger partial charge on any atom is -0.497 e. The summed E-state index contributed by atoms with van der Waals surface area (Å²) >= 11 is 0. The van der Waals surface area contributed by atoms with E-state index in [9.17, 15) is 24.2 Å². The Balaban J connectivity index is 2.00. The van der Waals surface area contributed by atoms with Gasteiger partial charge in [0.2, 0.25) is 5.91 Å². The summed E-state index contributed by atoms with van der Waals surface area (Å²) in [4.78, 5) is 27.5. The summed E-state index contributed by atoms with van der Waals surface area (Å²) in [5.74, 6) is -1.39. The number of amides is 2. The standard InChI is InChI=1S/C21H23FN2O5/c1-29-15-7-8-16(18(22)11-15)17-13-23(9-10-25)20(26)19(17)24(21(27)28)12-14-5-3-2-4-6-14/h2-8,11,17,19,25H,9-10,12-13H2,1H3,(H,27,28)/t17-,19-/m0/s1. The molecule has 0 aliphatic carbocycles. The van der Waals surface area contributed by atoms with Gasteiger partial charge in [0.1, 0.15) is 17.6 Å². The maximum absolute atomic E-state index is 14.8. The van der Waals surface area contributed by atoms with Crippen LogP contribution in [0.4, 0.5) is 9.18 Å². The number of aliphatic hydroxyl groups excluding tert-OH is 1. The molecule has 7 nitrogen and oxygen atoms in total. The number of carbonyl (C=O) groups is 2. The van der Waals surface area contributed by atoms with Gasteiger partial charge in [0.15, 0.2) is 0 Å². The molecule has 0 radical (unpaired) electrons. The summed E-state index contributed by atoms with van der Waals surface area (Å²) < 4.78 is 19.8. The summed E-state index contributed by atoms with van der Waals surface area (Å²) in [7, 11) is 1.42. The fourth-order valence-electron chi connectivity index (χ4n) is 3.73. The van der Waals surface area contributed by atoms with Gasteiger partial charge in [-0.3, -0.25) is 9.69 Å². The van der Waals surface area contributed by atoms with Gasteiger partial charge in [-0.05, 0) is 17.2 Å². The molecular weight excluding hydrogens is 379 g/mol. The van der Waals surface area contributed by atoms with Crippen LogP contribution in [0.25, 0.3) is 0 Å². The topological polar surface area (TPSA) is 90.3 Å². The van der Waals surface area contributed by atoms with Crippen LogP contribution in [-0.4, -0.2) is 64.9 Å². The van der Waals surface area contributed by atoms with E-state index in [1.54, 1.807) is 30.3 Å². The van der Waals surface area contributed by atoms with Crippen molar-refractivity contribution >= 4 is 12.0 Å². The second-order valence-corrected chi connectivity index (χ2v) is 6.84. The molecule has 3 rings (SSSR count). The van der Waals surface area contributed by atoms with Crippen LogP contribution >= 0.6 is 0 Å². The third kappa shape index (κ3) is 4.32. The zero-order chi connectivity index (χ0) is 21.0. The maximum atomic E-state index is 14.8. The number of likely N-dealkylation sites (tertiary alicyclic amines) is 1. The lowest BCUT2D eigenvalue weighted by atomic mass is 9.92. The number of aliphatic hydroxyl groups is 1. The fourth-order valence-corrected chi connectivity index (χ4v) is 3.73. The van der Waals surface area contributed by atoms with E-state index in [0.29, 0.717) is 5.75 Å². The summed E-state index contributed by atoms with van der Waals surface area (Å²) in [6.07, 6.45) is -1.27. The summed E-state index contributed by atoms with van der Waals surface area (Å²) in [5, 5.41) is 19.1. The monoisotopic (exact) mass is 402 g/mol. The SMILES string of the molecule is COc1ccc([C@@H]2CN(CCO)C(=O)[C@H]2N(Cc2ccccc2)C(=O)O)c(F)c1. The molecule has 0 spiro atoms. The molecule has 0 saturated carbocycles. The molecule has 29 heavy (non-hydrogen) atoms. The molecule has 1 aliphatic heterocycles. The lowest BCUT2D eigenvalue weighted by molar-refractivity contribution is -0.132. The van der Waals surface area contributed by atoms with Crippen LogP contribution in [0.3, 0.4) is 0 Å². The second kappa shape index (κ2) is 8.91. The van der Waals surface area contributed by atoms with Gasteiger partial charge in [0.05, 0.1) is 13.7 Å². The third-order valence-corrected chi connectivity index (χ3v) is 5.12. The van der Waals surface area contributed by atoms with Gasteiger partial charge in [-0.2, -0.15) is 0 Å². The Bertz CT molecular complexity index is 877. The lowest BCUT2D eigenvalue weighted by Crippen LogP contribution is -2.46.